The normalized spacial score (nSPS) is 17.6. The second kappa shape index (κ2) is 8.75. The van der Waals surface area contributed by atoms with E-state index in [0.29, 0.717) is 17.1 Å². The van der Waals surface area contributed by atoms with E-state index in [2.05, 4.69) is 4.57 Å². The maximum absolute atomic E-state index is 12.6. The Balaban J connectivity index is 1.33. The summed E-state index contributed by atoms with van der Waals surface area (Å²) in [6.45, 7) is 5.32. The lowest BCUT2D eigenvalue weighted by Crippen LogP contribution is -2.18. The van der Waals surface area contributed by atoms with Crippen LogP contribution in [0.1, 0.15) is 40.2 Å². The molecule has 0 radical (unpaired) electrons. The fourth-order valence-corrected chi connectivity index (χ4v) is 3.80. The van der Waals surface area contributed by atoms with Gasteiger partial charge in [0.1, 0.15) is 0 Å². The number of rotatable bonds is 7. The number of hydrogen-bond acceptors (Lipinski definition) is 6. The SMILES string of the molecule is Cc1cc(C(=O)COC(=O)/C=C/c2ccc3c(c2)OCO3)c(C)n1C[C@H]1CCCO1. The van der Waals surface area contributed by atoms with E-state index in [1.807, 2.05) is 26.0 Å². The average molecular weight is 411 g/mol. The van der Waals surface area contributed by atoms with Gasteiger partial charge in [0.05, 0.1) is 6.10 Å². The maximum atomic E-state index is 12.6. The molecule has 0 unspecified atom stereocenters. The number of nitrogens with zero attached hydrogens (tertiary/aromatic N) is 1. The fraction of sp³-hybridized carbons (Fsp3) is 0.391. The quantitative estimate of drug-likeness (QED) is 0.395. The Morgan fingerprint density at radius 1 is 1.20 bits per heavy atom. The van der Waals surface area contributed by atoms with E-state index in [1.165, 1.54) is 6.08 Å². The number of ether oxygens (including phenoxy) is 4. The lowest BCUT2D eigenvalue weighted by Gasteiger charge is -2.14. The van der Waals surface area contributed by atoms with Crippen LogP contribution in [-0.2, 0) is 20.8 Å². The lowest BCUT2D eigenvalue weighted by atomic mass is 10.1. The van der Waals surface area contributed by atoms with Crippen molar-refractivity contribution in [1.82, 2.24) is 4.57 Å². The van der Waals surface area contributed by atoms with Crippen molar-refractivity contribution in [3.05, 3.63) is 52.9 Å². The summed E-state index contributed by atoms with van der Waals surface area (Å²) in [7, 11) is 0. The summed E-state index contributed by atoms with van der Waals surface area (Å²) >= 11 is 0. The van der Waals surface area contributed by atoms with Crippen molar-refractivity contribution < 1.29 is 28.5 Å². The van der Waals surface area contributed by atoms with Gasteiger partial charge in [-0.25, -0.2) is 4.79 Å². The highest BCUT2D eigenvalue weighted by Crippen LogP contribution is 2.32. The molecule has 0 N–H and O–H groups in total. The molecule has 4 rings (SSSR count). The second-order valence-corrected chi connectivity index (χ2v) is 7.51. The number of benzene rings is 1. The molecule has 0 amide bonds. The molecule has 158 valence electrons. The molecule has 1 atom stereocenters. The third-order valence-corrected chi connectivity index (χ3v) is 5.44. The van der Waals surface area contributed by atoms with Crippen LogP contribution in [0, 0.1) is 13.8 Å². The highest BCUT2D eigenvalue weighted by molar-refractivity contribution is 6.00. The number of carbonyl (C=O) groups excluding carboxylic acids is 2. The summed E-state index contributed by atoms with van der Waals surface area (Å²) in [6.07, 6.45) is 5.21. The van der Waals surface area contributed by atoms with Crippen LogP contribution in [0.25, 0.3) is 6.08 Å². The minimum Gasteiger partial charge on any atom is -0.454 e. The van der Waals surface area contributed by atoms with Gasteiger partial charge in [-0.3, -0.25) is 4.79 Å². The summed E-state index contributed by atoms with van der Waals surface area (Å²) in [5.74, 6) is 0.525. The first kappa shape index (κ1) is 20.2. The maximum Gasteiger partial charge on any atom is 0.331 e. The first-order valence-electron chi connectivity index (χ1n) is 10.1. The summed E-state index contributed by atoms with van der Waals surface area (Å²) in [6, 6.07) is 7.22. The zero-order valence-electron chi connectivity index (χ0n) is 17.2. The first-order chi connectivity index (χ1) is 14.5. The number of fused-ring (bicyclic) bond motifs is 1. The van der Waals surface area contributed by atoms with Crippen molar-refractivity contribution in [2.24, 2.45) is 0 Å². The number of esters is 1. The summed E-state index contributed by atoms with van der Waals surface area (Å²) in [4.78, 5) is 24.6. The molecule has 2 aliphatic rings. The zero-order valence-corrected chi connectivity index (χ0v) is 17.2. The van der Waals surface area contributed by atoms with Crippen molar-refractivity contribution in [1.29, 1.82) is 0 Å². The minimum absolute atomic E-state index is 0.192. The van der Waals surface area contributed by atoms with Gasteiger partial charge in [0, 0.05) is 36.2 Å². The van der Waals surface area contributed by atoms with E-state index in [-0.39, 0.29) is 25.3 Å². The van der Waals surface area contributed by atoms with Gasteiger partial charge < -0.3 is 23.5 Å². The Hall–Kier alpha value is -3.06. The third-order valence-electron chi connectivity index (χ3n) is 5.44. The van der Waals surface area contributed by atoms with Crippen molar-refractivity contribution >= 4 is 17.8 Å². The molecule has 30 heavy (non-hydrogen) atoms. The third kappa shape index (κ3) is 4.41. The van der Waals surface area contributed by atoms with Crippen LogP contribution in [-0.4, -0.2) is 42.4 Å². The van der Waals surface area contributed by atoms with E-state index in [9.17, 15) is 9.59 Å². The Kier molecular flexibility index (Phi) is 5.90. The monoisotopic (exact) mass is 411 g/mol. The number of Topliss-reactive ketones (excluding diaryl/α,β-unsaturated/α-hetero) is 1. The summed E-state index contributed by atoms with van der Waals surface area (Å²) in [5.41, 5.74) is 3.23. The molecule has 1 aromatic carbocycles. The standard InChI is InChI=1S/C23H25NO6/c1-15-10-19(16(2)24(15)12-18-4-3-9-27-18)20(25)13-28-23(26)8-6-17-5-7-21-22(11-17)30-14-29-21/h5-8,10-11,18H,3-4,9,12-14H2,1-2H3/b8-6+/t18-/m1/s1. The lowest BCUT2D eigenvalue weighted by molar-refractivity contribution is -0.136. The molecular weight excluding hydrogens is 386 g/mol. The first-order valence-corrected chi connectivity index (χ1v) is 10.1. The molecule has 0 bridgehead atoms. The predicted molar refractivity (Wildman–Crippen MR) is 110 cm³/mol. The number of carbonyl (C=O) groups is 2. The molecule has 2 aromatic rings. The van der Waals surface area contributed by atoms with Crippen LogP contribution in [0.15, 0.2) is 30.3 Å². The predicted octanol–water partition coefficient (Wildman–Crippen LogP) is 3.45. The van der Waals surface area contributed by atoms with Gasteiger partial charge in [0.15, 0.2) is 18.1 Å². The number of aromatic nitrogens is 1. The molecule has 7 nitrogen and oxygen atoms in total. The van der Waals surface area contributed by atoms with E-state index in [0.717, 1.165) is 42.9 Å². The van der Waals surface area contributed by atoms with Gasteiger partial charge in [-0.1, -0.05) is 6.07 Å². The smallest absolute Gasteiger partial charge is 0.331 e. The van der Waals surface area contributed by atoms with Gasteiger partial charge in [-0.2, -0.15) is 0 Å². The average Bonchev–Trinajstić information content (AvgIpc) is 3.47. The Bertz CT molecular complexity index is 984. The molecule has 2 aliphatic heterocycles. The molecule has 0 aliphatic carbocycles. The van der Waals surface area contributed by atoms with Crippen molar-refractivity contribution in [3.8, 4) is 11.5 Å². The van der Waals surface area contributed by atoms with Crippen molar-refractivity contribution in [2.45, 2.75) is 39.3 Å². The minimum atomic E-state index is -0.575. The van der Waals surface area contributed by atoms with Crippen LogP contribution in [0.2, 0.25) is 0 Å². The Morgan fingerprint density at radius 2 is 2.03 bits per heavy atom. The van der Waals surface area contributed by atoms with Crippen LogP contribution in [0.4, 0.5) is 0 Å². The Labute approximate surface area is 175 Å². The fourth-order valence-electron chi connectivity index (χ4n) is 3.80. The van der Waals surface area contributed by atoms with E-state index in [1.54, 1.807) is 18.2 Å². The van der Waals surface area contributed by atoms with E-state index in [4.69, 9.17) is 18.9 Å². The van der Waals surface area contributed by atoms with Gasteiger partial charge in [0.2, 0.25) is 12.6 Å². The van der Waals surface area contributed by atoms with Gasteiger partial charge in [-0.05, 0) is 56.5 Å². The molecule has 7 heteroatoms. The largest absolute Gasteiger partial charge is 0.454 e. The highest BCUT2D eigenvalue weighted by atomic mass is 16.7. The number of ketones is 1. The van der Waals surface area contributed by atoms with Crippen molar-refractivity contribution in [2.75, 3.05) is 20.0 Å². The van der Waals surface area contributed by atoms with Gasteiger partial charge in [0.25, 0.3) is 0 Å². The van der Waals surface area contributed by atoms with Gasteiger partial charge >= 0.3 is 5.97 Å². The van der Waals surface area contributed by atoms with Crippen LogP contribution < -0.4 is 9.47 Å². The van der Waals surface area contributed by atoms with E-state index < -0.39 is 5.97 Å². The Morgan fingerprint density at radius 3 is 2.83 bits per heavy atom. The highest BCUT2D eigenvalue weighted by Gasteiger charge is 2.21. The van der Waals surface area contributed by atoms with E-state index >= 15 is 0 Å². The zero-order chi connectivity index (χ0) is 21.1. The number of aryl methyl sites for hydroxylation is 1. The van der Waals surface area contributed by atoms with Crippen LogP contribution in [0.5, 0.6) is 11.5 Å². The molecule has 0 saturated carbocycles. The molecule has 0 spiro atoms. The van der Waals surface area contributed by atoms with Crippen LogP contribution >= 0.6 is 0 Å². The van der Waals surface area contributed by atoms with Crippen LogP contribution in [0.3, 0.4) is 0 Å². The summed E-state index contributed by atoms with van der Waals surface area (Å²) < 4.78 is 23.5. The topological polar surface area (TPSA) is 76.0 Å². The van der Waals surface area contributed by atoms with Crippen molar-refractivity contribution in [3.63, 3.8) is 0 Å². The molecular formula is C23H25NO6. The molecule has 1 saturated heterocycles. The summed E-state index contributed by atoms with van der Waals surface area (Å²) in [5, 5.41) is 0. The second-order valence-electron chi connectivity index (χ2n) is 7.51. The van der Waals surface area contributed by atoms with Gasteiger partial charge in [-0.15, -0.1) is 0 Å². The molecule has 3 heterocycles. The molecule has 1 fully saturated rings. The molecule has 1 aromatic heterocycles. The number of hydrogen-bond donors (Lipinski definition) is 0.